The van der Waals surface area contributed by atoms with Crippen molar-refractivity contribution in [2.24, 2.45) is 0 Å². The summed E-state index contributed by atoms with van der Waals surface area (Å²) in [7, 11) is 0. The number of anilines is 1. The highest BCUT2D eigenvalue weighted by atomic mass is 32.1. The van der Waals surface area contributed by atoms with Crippen LogP contribution in [0.2, 0.25) is 0 Å². The molecule has 1 aliphatic rings. The second-order valence-corrected chi connectivity index (χ2v) is 7.30. The number of nitrogens with zero attached hydrogens (tertiary/aromatic N) is 3. The minimum absolute atomic E-state index is 0.623. The Balaban J connectivity index is 1.51. The fourth-order valence-electron chi connectivity index (χ4n) is 3.43. The van der Waals surface area contributed by atoms with E-state index < -0.39 is 0 Å². The molecule has 1 atom stereocenters. The lowest BCUT2D eigenvalue weighted by Crippen LogP contribution is -2.34. The van der Waals surface area contributed by atoms with Gasteiger partial charge in [0.15, 0.2) is 5.82 Å². The van der Waals surface area contributed by atoms with E-state index in [0.717, 1.165) is 29.6 Å². The maximum atomic E-state index is 4.72. The monoisotopic (exact) mass is 338 g/mol. The van der Waals surface area contributed by atoms with Crippen LogP contribution in [0.25, 0.3) is 20.8 Å². The number of rotatable bonds is 5. The molecule has 4 nitrogen and oxygen atoms in total. The molecule has 0 spiro atoms. The molecule has 1 fully saturated rings. The Bertz CT molecular complexity index is 796. The first-order valence-corrected chi connectivity index (χ1v) is 9.45. The average molecular weight is 338 g/mol. The van der Waals surface area contributed by atoms with Crippen LogP contribution < -0.4 is 5.32 Å². The smallest absolute Gasteiger partial charge is 0.171 e. The Labute approximate surface area is 146 Å². The molecule has 1 aromatic carbocycles. The van der Waals surface area contributed by atoms with Crippen molar-refractivity contribution in [2.45, 2.75) is 25.8 Å². The third-order valence-electron chi connectivity index (χ3n) is 4.73. The van der Waals surface area contributed by atoms with Gasteiger partial charge >= 0.3 is 0 Å². The summed E-state index contributed by atoms with van der Waals surface area (Å²) in [6.45, 7) is 5.54. The van der Waals surface area contributed by atoms with Crippen molar-refractivity contribution < 1.29 is 0 Å². The SMILES string of the molecule is CCN1CCCC1CNc1ccnc(-c2cc3ccccc3s2)n1. The number of likely N-dealkylation sites (N-methyl/N-ethyl adjacent to an activating group) is 1. The summed E-state index contributed by atoms with van der Waals surface area (Å²) < 4.78 is 1.28. The fraction of sp³-hybridized carbons (Fsp3) is 0.368. The third-order valence-corrected chi connectivity index (χ3v) is 5.84. The zero-order chi connectivity index (χ0) is 16.4. The van der Waals surface area contributed by atoms with Gasteiger partial charge in [0.25, 0.3) is 0 Å². The molecule has 0 saturated carbocycles. The summed E-state index contributed by atoms with van der Waals surface area (Å²) in [5, 5.41) is 4.76. The number of nitrogens with one attached hydrogen (secondary N) is 1. The van der Waals surface area contributed by atoms with E-state index >= 15 is 0 Å². The maximum Gasteiger partial charge on any atom is 0.171 e. The second-order valence-electron chi connectivity index (χ2n) is 6.22. The van der Waals surface area contributed by atoms with Crippen LogP contribution >= 0.6 is 11.3 Å². The topological polar surface area (TPSA) is 41.0 Å². The lowest BCUT2D eigenvalue weighted by atomic mass is 10.2. The minimum Gasteiger partial charge on any atom is -0.368 e. The zero-order valence-corrected chi connectivity index (χ0v) is 14.7. The second kappa shape index (κ2) is 6.87. The summed E-state index contributed by atoms with van der Waals surface area (Å²) in [6, 6.07) is 13.2. The molecule has 0 amide bonds. The number of aromatic nitrogens is 2. The van der Waals surface area contributed by atoms with E-state index in [1.807, 2.05) is 12.3 Å². The van der Waals surface area contributed by atoms with E-state index in [1.165, 1.54) is 29.5 Å². The van der Waals surface area contributed by atoms with Crippen LogP contribution in [0.1, 0.15) is 19.8 Å². The Hall–Kier alpha value is -1.98. The molecule has 2 aromatic heterocycles. The van der Waals surface area contributed by atoms with Crippen LogP contribution in [0.5, 0.6) is 0 Å². The van der Waals surface area contributed by atoms with E-state index in [2.05, 4.69) is 52.5 Å². The van der Waals surface area contributed by atoms with Crippen molar-refractivity contribution >= 4 is 27.2 Å². The minimum atomic E-state index is 0.623. The van der Waals surface area contributed by atoms with Crippen LogP contribution in [0.4, 0.5) is 5.82 Å². The van der Waals surface area contributed by atoms with Gasteiger partial charge in [-0.1, -0.05) is 25.1 Å². The summed E-state index contributed by atoms with van der Waals surface area (Å²) in [6.07, 6.45) is 4.42. The summed E-state index contributed by atoms with van der Waals surface area (Å²) in [4.78, 5) is 12.8. The number of hydrogen-bond donors (Lipinski definition) is 1. The highest BCUT2D eigenvalue weighted by Gasteiger charge is 2.22. The highest BCUT2D eigenvalue weighted by molar-refractivity contribution is 7.22. The molecule has 4 rings (SSSR count). The molecule has 1 unspecified atom stereocenters. The zero-order valence-electron chi connectivity index (χ0n) is 13.9. The largest absolute Gasteiger partial charge is 0.368 e. The van der Waals surface area contributed by atoms with Crippen LogP contribution in [-0.2, 0) is 0 Å². The number of hydrogen-bond acceptors (Lipinski definition) is 5. The van der Waals surface area contributed by atoms with Gasteiger partial charge in [-0.3, -0.25) is 4.90 Å². The molecule has 1 saturated heterocycles. The van der Waals surface area contributed by atoms with Crippen molar-refractivity contribution in [3.05, 3.63) is 42.6 Å². The molecule has 3 heterocycles. The predicted molar refractivity (Wildman–Crippen MR) is 102 cm³/mol. The van der Waals surface area contributed by atoms with E-state index in [-0.39, 0.29) is 0 Å². The number of fused-ring (bicyclic) bond motifs is 1. The lowest BCUT2D eigenvalue weighted by Gasteiger charge is -2.23. The van der Waals surface area contributed by atoms with Gasteiger partial charge in [-0.2, -0.15) is 0 Å². The van der Waals surface area contributed by atoms with Gasteiger partial charge in [-0.25, -0.2) is 9.97 Å². The first-order valence-electron chi connectivity index (χ1n) is 8.63. The summed E-state index contributed by atoms with van der Waals surface area (Å²) in [5.74, 6) is 1.72. The highest BCUT2D eigenvalue weighted by Crippen LogP contribution is 2.31. The quantitative estimate of drug-likeness (QED) is 0.755. The normalized spacial score (nSPS) is 18.3. The third kappa shape index (κ3) is 3.14. The summed E-state index contributed by atoms with van der Waals surface area (Å²) >= 11 is 1.75. The van der Waals surface area contributed by atoms with Crippen molar-refractivity contribution in [1.29, 1.82) is 0 Å². The molecule has 124 valence electrons. The Kier molecular flexibility index (Phi) is 4.45. The van der Waals surface area contributed by atoms with Gasteiger partial charge in [-0.15, -0.1) is 11.3 Å². The van der Waals surface area contributed by atoms with Crippen molar-refractivity contribution in [3.63, 3.8) is 0 Å². The first-order chi connectivity index (χ1) is 11.8. The van der Waals surface area contributed by atoms with Gasteiger partial charge in [0, 0.05) is 23.5 Å². The Morgan fingerprint density at radius 3 is 3.08 bits per heavy atom. The van der Waals surface area contributed by atoms with Gasteiger partial charge in [-0.05, 0) is 49.5 Å². The average Bonchev–Trinajstić information content (AvgIpc) is 3.26. The van der Waals surface area contributed by atoms with Crippen LogP contribution in [0, 0.1) is 0 Å². The first kappa shape index (κ1) is 15.5. The lowest BCUT2D eigenvalue weighted by molar-refractivity contribution is 0.277. The molecule has 0 aliphatic carbocycles. The van der Waals surface area contributed by atoms with E-state index in [9.17, 15) is 0 Å². The molecule has 0 bridgehead atoms. The van der Waals surface area contributed by atoms with Crippen LogP contribution in [0.3, 0.4) is 0 Å². The number of thiophene rings is 1. The molecule has 5 heteroatoms. The van der Waals surface area contributed by atoms with Crippen molar-refractivity contribution in [2.75, 3.05) is 25.0 Å². The summed E-state index contributed by atoms with van der Waals surface area (Å²) in [5.41, 5.74) is 0. The van der Waals surface area contributed by atoms with E-state index in [4.69, 9.17) is 4.98 Å². The molecule has 0 radical (unpaired) electrons. The van der Waals surface area contributed by atoms with Crippen LogP contribution in [-0.4, -0.2) is 40.5 Å². The standard InChI is InChI=1S/C19H22N4S/c1-2-23-11-5-7-15(23)13-21-18-9-10-20-19(22-18)17-12-14-6-3-4-8-16(14)24-17/h3-4,6,8-10,12,15H,2,5,7,11,13H2,1H3,(H,20,21,22). The van der Waals surface area contributed by atoms with Gasteiger partial charge in [0.05, 0.1) is 4.88 Å². The van der Waals surface area contributed by atoms with Gasteiger partial charge in [0.1, 0.15) is 5.82 Å². The van der Waals surface area contributed by atoms with Crippen LogP contribution in [0.15, 0.2) is 42.6 Å². The molecular weight excluding hydrogens is 316 g/mol. The Morgan fingerprint density at radius 2 is 2.21 bits per heavy atom. The molecule has 24 heavy (non-hydrogen) atoms. The van der Waals surface area contributed by atoms with E-state index in [1.54, 1.807) is 11.3 Å². The van der Waals surface area contributed by atoms with Crippen molar-refractivity contribution in [3.8, 4) is 10.7 Å². The fourth-order valence-corrected chi connectivity index (χ4v) is 4.44. The number of benzene rings is 1. The van der Waals surface area contributed by atoms with Crippen molar-refractivity contribution in [1.82, 2.24) is 14.9 Å². The predicted octanol–water partition coefficient (Wildman–Crippen LogP) is 4.25. The molecule has 1 N–H and O–H groups in total. The number of likely N-dealkylation sites (tertiary alicyclic amines) is 1. The van der Waals surface area contributed by atoms with Gasteiger partial charge in [0.2, 0.25) is 0 Å². The van der Waals surface area contributed by atoms with E-state index in [0.29, 0.717) is 6.04 Å². The molecule has 1 aliphatic heterocycles. The Morgan fingerprint density at radius 1 is 1.29 bits per heavy atom. The molecular formula is C19H22N4S. The molecule has 3 aromatic rings. The van der Waals surface area contributed by atoms with Gasteiger partial charge < -0.3 is 5.32 Å². The maximum absolute atomic E-state index is 4.72.